The Morgan fingerprint density at radius 1 is 1.40 bits per heavy atom. The van der Waals surface area contributed by atoms with Crippen molar-refractivity contribution in [3.63, 3.8) is 0 Å². The van der Waals surface area contributed by atoms with Gasteiger partial charge in [-0.15, -0.1) is 0 Å². The Kier molecular flexibility index (Phi) is 4.76. The lowest BCUT2D eigenvalue weighted by Crippen LogP contribution is -2.23. The summed E-state index contributed by atoms with van der Waals surface area (Å²) in [4.78, 5) is 19.9. The lowest BCUT2D eigenvalue weighted by molar-refractivity contribution is 0.0950. The van der Waals surface area contributed by atoms with Gasteiger partial charge in [0.2, 0.25) is 5.88 Å². The minimum Gasteiger partial charge on any atom is -0.481 e. The molecule has 20 heavy (non-hydrogen) atoms. The van der Waals surface area contributed by atoms with Gasteiger partial charge in [0.15, 0.2) is 0 Å². The second kappa shape index (κ2) is 6.54. The number of carbonyl (C=O) groups excluding carboxylic acids is 1. The Balaban J connectivity index is 2.11. The number of ether oxygens (including phenoxy) is 1. The van der Waals surface area contributed by atoms with Crippen LogP contribution in [-0.4, -0.2) is 23.0 Å². The standard InChI is InChI=1S/C13H11Cl2N3O2/c1-20-13-8(3-2-4-16-13)6-18-12(19)9-5-11(15)17-7-10(9)14/h2-5,7H,6H2,1H3,(H,18,19). The van der Waals surface area contributed by atoms with Crippen molar-refractivity contribution in [2.75, 3.05) is 7.11 Å². The van der Waals surface area contributed by atoms with Gasteiger partial charge in [0.1, 0.15) is 5.15 Å². The maximum atomic E-state index is 12.0. The van der Waals surface area contributed by atoms with Crippen molar-refractivity contribution in [1.29, 1.82) is 0 Å². The van der Waals surface area contributed by atoms with Gasteiger partial charge in [-0.2, -0.15) is 0 Å². The van der Waals surface area contributed by atoms with Crippen LogP contribution in [0, 0.1) is 0 Å². The number of aromatic nitrogens is 2. The smallest absolute Gasteiger partial charge is 0.253 e. The van der Waals surface area contributed by atoms with E-state index in [1.807, 2.05) is 6.07 Å². The summed E-state index contributed by atoms with van der Waals surface area (Å²) in [6.45, 7) is 0.270. The van der Waals surface area contributed by atoms with Crippen molar-refractivity contribution in [3.05, 3.63) is 51.9 Å². The molecule has 0 radical (unpaired) electrons. The van der Waals surface area contributed by atoms with Crippen LogP contribution in [0.4, 0.5) is 0 Å². The van der Waals surface area contributed by atoms with Crippen molar-refractivity contribution < 1.29 is 9.53 Å². The summed E-state index contributed by atoms with van der Waals surface area (Å²) in [6, 6.07) is 4.99. The molecule has 2 aromatic rings. The van der Waals surface area contributed by atoms with E-state index in [0.29, 0.717) is 5.88 Å². The van der Waals surface area contributed by atoms with Crippen LogP contribution in [0.1, 0.15) is 15.9 Å². The molecule has 0 saturated heterocycles. The summed E-state index contributed by atoms with van der Waals surface area (Å²) in [5, 5.41) is 3.18. The van der Waals surface area contributed by atoms with Crippen LogP contribution in [0.3, 0.4) is 0 Å². The number of nitrogens with one attached hydrogen (secondary N) is 1. The molecule has 0 fully saturated rings. The first-order valence-corrected chi connectivity index (χ1v) is 6.44. The molecular formula is C13H11Cl2N3O2. The number of carbonyl (C=O) groups is 1. The zero-order chi connectivity index (χ0) is 14.5. The first-order chi connectivity index (χ1) is 9.61. The van der Waals surface area contributed by atoms with E-state index in [1.54, 1.807) is 12.3 Å². The number of hydrogen-bond donors (Lipinski definition) is 1. The van der Waals surface area contributed by atoms with Crippen molar-refractivity contribution in [2.45, 2.75) is 6.54 Å². The molecule has 104 valence electrons. The quantitative estimate of drug-likeness (QED) is 0.882. The van der Waals surface area contributed by atoms with E-state index in [1.165, 1.54) is 19.4 Å². The van der Waals surface area contributed by atoms with E-state index in [9.17, 15) is 4.79 Å². The molecule has 2 rings (SSSR count). The van der Waals surface area contributed by atoms with Gasteiger partial charge in [-0.05, 0) is 12.1 Å². The van der Waals surface area contributed by atoms with Crippen LogP contribution in [0.5, 0.6) is 5.88 Å². The minimum atomic E-state index is -0.342. The van der Waals surface area contributed by atoms with Gasteiger partial charge >= 0.3 is 0 Å². The fourth-order valence-corrected chi connectivity index (χ4v) is 1.95. The van der Waals surface area contributed by atoms with Crippen LogP contribution < -0.4 is 10.1 Å². The average Bonchev–Trinajstić information content (AvgIpc) is 2.47. The van der Waals surface area contributed by atoms with Gasteiger partial charge < -0.3 is 10.1 Å². The molecule has 0 saturated carbocycles. The molecule has 2 heterocycles. The molecule has 7 heteroatoms. The van der Waals surface area contributed by atoms with E-state index in [-0.39, 0.29) is 28.2 Å². The molecular weight excluding hydrogens is 301 g/mol. The Bertz CT molecular complexity index is 635. The molecule has 0 atom stereocenters. The van der Waals surface area contributed by atoms with Crippen LogP contribution in [-0.2, 0) is 6.54 Å². The fourth-order valence-electron chi connectivity index (χ4n) is 1.60. The van der Waals surface area contributed by atoms with Crippen molar-refractivity contribution in [2.24, 2.45) is 0 Å². The summed E-state index contributed by atoms with van der Waals surface area (Å²) in [5.41, 5.74) is 1.04. The Morgan fingerprint density at radius 3 is 2.95 bits per heavy atom. The third-order valence-corrected chi connectivity index (χ3v) is 3.06. The molecule has 0 unspecified atom stereocenters. The molecule has 0 spiro atoms. The first-order valence-electron chi connectivity index (χ1n) is 5.69. The molecule has 2 aromatic heterocycles. The summed E-state index contributed by atoms with van der Waals surface area (Å²) in [5.74, 6) is 0.122. The van der Waals surface area contributed by atoms with Gasteiger partial charge in [0.05, 0.1) is 17.7 Å². The number of halogens is 2. The van der Waals surface area contributed by atoms with Gasteiger partial charge in [-0.1, -0.05) is 29.3 Å². The molecule has 0 aliphatic rings. The van der Waals surface area contributed by atoms with Gasteiger partial charge in [0.25, 0.3) is 5.91 Å². The third kappa shape index (κ3) is 3.37. The maximum Gasteiger partial charge on any atom is 0.253 e. The third-order valence-electron chi connectivity index (χ3n) is 2.55. The highest BCUT2D eigenvalue weighted by Crippen LogP contribution is 2.18. The van der Waals surface area contributed by atoms with Crippen LogP contribution in [0.2, 0.25) is 10.2 Å². The first kappa shape index (κ1) is 14.6. The number of pyridine rings is 2. The lowest BCUT2D eigenvalue weighted by atomic mass is 10.2. The van der Waals surface area contributed by atoms with E-state index in [0.717, 1.165) is 5.56 Å². The molecule has 0 aromatic carbocycles. The monoisotopic (exact) mass is 311 g/mol. The molecule has 0 aliphatic heterocycles. The largest absolute Gasteiger partial charge is 0.481 e. The Morgan fingerprint density at radius 2 is 2.20 bits per heavy atom. The number of methoxy groups -OCH3 is 1. The Labute approximate surface area is 125 Å². The Hall–Kier alpha value is -1.85. The van der Waals surface area contributed by atoms with E-state index in [4.69, 9.17) is 27.9 Å². The van der Waals surface area contributed by atoms with E-state index >= 15 is 0 Å². The summed E-state index contributed by atoms with van der Waals surface area (Å²) < 4.78 is 5.11. The summed E-state index contributed by atoms with van der Waals surface area (Å²) >= 11 is 11.7. The number of rotatable bonds is 4. The van der Waals surface area contributed by atoms with Gasteiger partial charge in [0, 0.05) is 24.5 Å². The van der Waals surface area contributed by atoms with Crippen molar-refractivity contribution in [3.8, 4) is 5.88 Å². The highest BCUT2D eigenvalue weighted by Gasteiger charge is 2.12. The average molecular weight is 312 g/mol. The number of amides is 1. The second-order valence-electron chi connectivity index (χ2n) is 3.84. The van der Waals surface area contributed by atoms with Crippen LogP contribution in [0.15, 0.2) is 30.6 Å². The minimum absolute atomic E-state index is 0.207. The number of hydrogen-bond acceptors (Lipinski definition) is 4. The van der Waals surface area contributed by atoms with Crippen molar-refractivity contribution >= 4 is 29.1 Å². The molecule has 1 N–H and O–H groups in total. The van der Waals surface area contributed by atoms with Crippen molar-refractivity contribution in [1.82, 2.24) is 15.3 Å². The van der Waals surface area contributed by atoms with E-state index in [2.05, 4.69) is 15.3 Å². The normalized spacial score (nSPS) is 10.2. The SMILES string of the molecule is COc1ncccc1CNC(=O)c1cc(Cl)ncc1Cl. The van der Waals surface area contributed by atoms with Crippen LogP contribution in [0.25, 0.3) is 0 Å². The van der Waals surface area contributed by atoms with Gasteiger partial charge in [-0.3, -0.25) is 4.79 Å². The second-order valence-corrected chi connectivity index (χ2v) is 4.64. The van der Waals surface area contributed by atoms with E-state index < -0.39 is 0 Å². The summed E-state index contributed by atoms with van der Waals surface area (Å²) in [6.07, 6.45) is 2.95. The molecule has 5 nitrogen and oxygen atoms in total. The lowest BCUT2D eigenvalue weighted by Gasteiger charge is -2.09. The highest BCUT2D eigenvalue weighted by molar-refractivity contribution is 6.35. The van der Waals surface area contributed by atoms with Gasteiger partial charge in [-0.25, -0.2) is 9.97 Å². The predicted octanol–water partition coefficient (Wildman–Crippen LogP) is 2.72. The zero-order valence-corrected chi connectivity index (χ0v) is 12.1. The number of nitrogens with zero attached hydrogens (tertiary/aromatic N) is 2. The molecule has 1 amide bonds. The maximum absolute atomic E-state index is 12.0. The van der Waals surface area contributed by atoms with Crippen LogP contribution >= 0.6 is 23.2 Å². The summed E-state index contributed by atoms with van der Waals surface area (Å²) in [7, 11) is 1.52. The highest BCUT2D eigenvalue weighted by atomic mass is 35.5. The predicted molar refractivity (Wildman–Crippen MR) is 76.2 cm³/mol. The fraction of sp³-hybridized carbons (Fsp3) is 0.154. The molecule has 0 bridgehead atoms. The zero-order valence-electron chi connectivity index (χ0n) is 10.6. The topological polar surface area (TPSA) is 64.1 Å². The molecule has 0 aliphatic carbocycles.